The zero-order valence-electron chi connectivity index (χ0n) is 9.41. The van der Waals surface area contributed by atoms with E-state index >= 15 is 0 Å². The van der Waals surface area contributed by atoms with Gasteiger partial charge in [0, 0.05) is 0 Å². The number of rotatable bonds is 6. The quantitative estimate of drug-likeness (QED) is 0.507. The van der Waals surface area contributed by atoms with Crippen LogP contribution in [0.2, 0.25) is 0 Å². The number of aliphatic hydroxyl groups excluding tert-OH is 1. The van der Waals surface area contributed by atoms with Gasteiger partial charge >= 0.3 is 0 Å². The van der Waals surface area contributed by atoms with Crippen LogP contribution >= 0.6 is 0 Å². The molecule has 1 fully saturated rings. The Hall–Kier alpha value is -0.300. The molecule has 14 heavy (non-hydrogen) atoms. The average molecular weight is 196 g/mol. The number of hydrogen-bond donors (Lipinski definition) is 1. The van der Waals surface area contributed by atoms with E-state index in [1.54, 1.807) is 0 Å². The van der Waals surface area contributed by atoms with E-state index in [9.17, 15) is 5.11 Å². The summed E-state index contributed by atoms with van der Waals surface area (Å²) in [6.07, 6.45) is 14.1. The molecule has 0 radical (unpaired) electrons. The molecule has 1 saturated carbocycles. The summed E-state index contributed by atoms with van der Waals surface area (Å²) in [5.41, 5.74) is 0. The molecule has 0 aromatic rings. The van der Waals surface area contributed by atoms with Crippen molar-refractivity contribution in [3.05, 3.63) is 12.2 Å². The molecule has 0 heterocycles. The molecule has 1 aliphatic rings. The summed E-state index contributed by atoms with van der Waals surface area (Å²) in [6.45, 7) is 2.20. The standard InChI is InChI=1S/C13H24O/c1-2-3-4-9-13(14)11-10-12-7-5-6-8-12/h10-14H,2-9H2,1H3/b11-10+/t13-/m1/s1. The molecule has 0 aromatic heterocycles. The molecule has 1 rings (SSSR count). The number of hydrogen-bond acceptors (Lipinski definition) is 1. The van der Waals surface area contributed by atoms with Crippen molar-refractivity contribution < 1.29 is 5.11 Å². The smallest absolute Gasteiger partial charge is 0.0721 e. The van der Waals surface area contributed by atoms with E-state index < -0.39 is 0 Å². The van der Waals surface area contributed by atoms with Gasteiger partial charge in [0.15, 0.2) is 0 Å². The Balaban J connectivity index is 2.08. The first-order valence-corrected chi connectivity index (χ1v) is 6.19. The van der Waals surface area contributed by atoms with Crippen LogP contribution in [0.25, 0.3) is 0 Å². The minimum Gasteiger partial charge on any atom is -0.389 e. The van der Waals surface area contributed by atoms with Gasteiger partial charge in [0.05, 0.1) is 6.10 Å². The summed E-state index contributed by atoms with van der Waals surface area (Å²) in [5, 5.41) is 9.65. The molecule has 0 saturated heterocycles. The van der Waals surface area contributed by atoms with Crippen LogP contribution in [0.3, 0.4) is 0 Å². The first kappa shape index (κ1) is 11.8. The lowest BCUT2D eigenvalue weighted by Gasteiger charge is -2.06. The molecule has 0 bridgehead atoms. The van der Waals surface area contributed by atoms with Gasteiger partial charge in [-0.3, -0.25) is 0 Å². The molecule has 1 aliphatic carbocycles. The fourth-order valence-corrected chi connectivity index (χ4v) is 2.13. The van der Waals surface area contributed by atoms with Gasteiger partial charge in [-0.25, -0.2) is 0 Å². The highest BCUT2D eigenvalue weighted by atomic mass is 16.3. The molecular weight excluding hydrogens is 172 g/mol. The zero-order chi connectivity index (χ0) is 10.2. The average Bonchev–Trinajstić information content (AvgIpc) is 2.68. The maximum Gasteiger partial charge on any atom is 0.0721 e. The second kappa shape index (κ2) is 7.05. The van der Waals surface area contributed by atoms with Gasteiger partial charge in [-0.1, -0.05) is 51.2 Å². The van der Waals surface area contributed by atoms with Crippen molar-refractivity contribution in [1.82, 2.24) is 0 Å². The maximum absolute atomic E-state index is 9.65. The van der Waals surface area contributed by atoms with Crippen LogP contribution < -0.4 is 0 Å². The summed E-state index contributed by atoms with van der Waals surface area (Å²) in [6, 6.07) is 0. The highest BCUT2D eigenvalue weighted by Crippen LogP contribution is 2.25. The van der Waals surface area contributed by atoms with Crippen molar-refractivity contribution in [1.29, 1.82) is 0 Å². The third kappa shape index (κ3) is 4.80. The fraction of sp³-hybridized carbons (Fsp3) is 0.846. The van der Waals surface area contributed by atoms with Crippen molar-refractivity contribution in [2.75, 3.05) is 0 Å². The summed E-state index contributed by atoms with van der Waals surface area (Å²) in [5.74, 6) is 0.760. The van der Waals surface area contributed by atoms with Crippen molar-refractivity contribution in [2.45, 2.75) is 64.4 Å². The highest BCUT2D eigenvalue weighted by Gasteiger charge is 2.11. The van der Waals surface area contributed by atoms with Crippen molar-refractivity contribution >= 4 is 0 Å². The Morgan fingerprint density at radius 2 is 2.00 bits per heavy atom. The molecule has 0 unspecified atom stereocenters. The van der Waals surface area contributed by atoms with E-state index in [0.29, 0.717) is 0 Å². The van der Waals surface area contributed by atoms with E-state index in [4.69, 9.17) is 0 Å². The van der Waals surface area contributed by atoms with E-state index in [-0.39, 0.29) is 6.10 Å². The molecule has 1 N–H and O–H groups in total. The van der Waals surface area contributed by atoms with Gasteiger partial charge in [-0.15, -0.1) is 0 Å². The van der Waals surface area contributed by atoms with E-state index in [1.807, 2.05) is 6.08 Å². The van der Waals surface area contributed by atoms with Crippen LogP contribution in [0.4, 0.5) is 0 Å². The number of unbranched alkanes of at least 4 members (excludes halogenated alkanes) is 2. The third-order valence-electron chi connectivity index (χ3n) is 3.11. The SMILES string of the molecule is CCCCC[C@@H](O)/C=C/C1CCCC1. The molecule has 82 valence electrons. The fourth-order valence-electron chi connectivity index (χ4n) is 2.13. The molecule has 0 aliphatic heterocycles. The van der Waals surface area contributed by atoms with Crippen LogP contribution in [0.5, 0.6) is 0 Å². The van der Waals surface area contributed by atoms with Crippen LogP contribution in [0, 0.1) is 5.92 Å². The lowest BCUT2D eigenvalue weighted by atomic mass is 10.1. The largest absolute Gasteiger partial charge is 0.389 e. The van der Waals surface area contributed by atoms with E-state index in [2.05, 4.69) is 13.0 Å². The Labute approximate surface area is 88.2 Å². The second-order valence-electron chi connectivity index (χ2n) is 4.49. The van der Waals surface area contributed by atoms with Gasteiger partial charge in [-0.05, 0) is 25.2 Å². The molecule has 1 atom stereocenters. The molecular formula is C13H24O. The van der Waals surface area contributed by atoms with Gasteiger partial charge in [-0.2, -0.15) is 0 Å². The van der Waals surface area contributed by atoms with Crippen molar-refractivity contribution in [3.8, 4) is 0 Å². The predicted octanol–water partition coefficient (Wildman–Crippen LogP) is 3.67. The molecule has 0 spiro atoms. The Morgan fingerprint density at radius 3 is 2.64 bits per heavy atom. The lowest BCUT2D eigenvalue weighted by molar-refractivity contribution is 0.207. The minimum atomic E-state index is -0.192. The van der Waals surface area contributed by atoms with Crippen molar-refractivity contribution in [2.24, 2.45) is 5.92 Å². The van der Waals surface area contributed by atoms with E-state index in [1.165, 1.54) is 38.5 Å². The summed E-state index contributed by atoms with van der Waals surface area (Å²) < 4.78 is 0. The molecule has 0 aromatic carbocycles. The monoisotopic (exact) mass is 196 g/mol. The summed E-state index contributed by atoms with van der Waals surface area (Å²) >= 11 is 0. The maximum atomic E-state index is 9.65. The molecule has 1 nitrogen and oxygen atoms in total. The lowest BCUT2D eigenvalue weighted by Crippen LogP contribution is -2.02. The van der Waals surface area contributed by atoms with Gasteiger partial charge in [0.1, 0.15) is 0 Å². The van der Waals surface area contributed by atoms with Crippen LogP contribution in [0.1, 0.15) is 58.3 Å². The zero-order valence-corrected chi connectivity index (χ0v) is 9.41. The summed E-state index contributed by atoms with van der Waals surface area (Å²) in [4.78, 5) is 0. The predicted molar refractivity (Wildman–Crippen MR) is 61.2 cm³/mol. The normalized spacial score (nSPS) is 20.7. The Morgan fingerprint density at radius 1 is 1.29 bits per heavy atom. The van der Waals surface area contributed by atoms with Gasteiger partial charge < -0.3 is 5.11 Å². The first-order chi connectivity index (χ1) is 6.83. The first-order valence-electron chi connectivity index (χ1n) is 6.19. The van der Waals surface area contributed by atoms with Crippen LogP contribution in [0.15, 0.2) is 12.2 Å². The molecule has 0 amide bonds. The Kier molecular flexibility index (Phi) is 5.93. The highest BCUT2D eigenvalue weighted by molar-refractivity contribution is 4.94. The minimum absolute atomic E-state index is 0.192. The topological polar surface area (TPSA) is 20.2 Å². The van der Waals surface area contributed by atoms with Gasteiger partial charge in [0.25, 0.3) is 0 Å². The number of aliphatic hydroxyl groups is 1. The van der Waals surface area contributed by atoms with Gasteiger partial charge in [0.2, 0.25) is 0 Å². The van der Waals surface area contributed by atoms with E-state index in [0.717, 1.165) is 18.8 Å². The van der Waals surface area contributed by atoms with Crippen molar-refractivity contribution in [3.63, 3.8) is 0 Å². The Bertz CT molecular complexity index is 157. The number of allylic oxidation sites excluding steroid dienone is 1. The van der Waals surface area contributed by atoms with Crippen LogP contribution in [-0.2, 0) is 0 Å². The van der Waals surface area contributed by atoms with Crippen LogP contribution in [-0.4, -0.2) is 11.2 Å². The molecule has 1 heteroatoms. The summed E-state index contributed by atoms with van der Waals surface area (Å²) in [7, 11) is 0. The second-order valence-corrected chi connectivity index (χ2v) is 4.49. The third-order valence-corrected chi connectivity index (χ3v) is 3.11.